The minimum absolute atomic E-state index is 0.142. The fourth-order valence-corrected chi connectivity index (χ4v) is 2.73. The lowest BCUT2D eigenvalue weighted by molar-refractivity contribution is -0.123. The van der Waals surface area contributed by atoms with Gasteiger partial charge in [0, 0.05) is 6.54 Å². The van der Waals surface area contributed by atoms with Crippen LogP contribution in [0.1, 0.15) is 13.3 Å². The molecule has 2 fully saturated rings. The summed E-state index contributed by atoms with van der Waals surface area (Å²) in [6, 6.07) is 0. The maximum atomic E-state index is 11.8. The number of carbonyl (C=O) groups is 1. The first-order chi connectivity index (χ1) is 7.55. The Balaban J connectivity index is 1.96. The van der Waals surface area contributed by atoms with Crippen LogP contribution in [0.15, 0.2) is 36.0 Å². The maximum Gasteiger partial charge on any atom is 0.231 e. The van der Waals surface area contributed by atoms with Crippen LogP contribution in [-0.2, 0) is 4.79 Å². The van der Waals surface area contributed by atoms with Gasteiger partial charge in [-0.1, -0.05) is 18.2 Å². The predicted molar refractivity (Wildman–Crippen MR) is 60.5 cm³/mol. The zero-order valence-electron chi connectivity index (χ0n) is 9.23. The first-order valence-electron chi connectivity index (χ1n) is 5.64. The summed E-state index contributed by atoms with van der Waals surface area (Å²) in [5, 5.41) is 12.8. The van der Waals surface area contributed by atoms with Gasteiger partial charge in [0.15, 0.2) is 0 Å². The van der Waals surface area contributed by atoms with Crippen molar-refractivity contribution in [2.75, 3.05) is 6.54 Å². The molecule has 1 saturated heterocycles. The van der Waals surface area contributed by atoms with E-state index in [0.717, 1.165) is 18.5 Å². The standard InChI is InChI=1S/C13H15NO2/c1-12(16)5-2-3-9(4-6-12)13-7-10(13)8-14-11(13)15/h2-6,10,16H,7-8H2,1H3,(H,14,15). The van der Waals surface area contributed by atoms with Crippen LogP contribution < -0.4 is 5.32 Å². The smallest absolute Gasteiger partial charge is 0.231 e. The molecule has 3 aliphatic rings. The SMILES string of the molecule is CC1(O)C=CC=C(C23CC2CNC3=O)C=C1. The molecule has 0 bridgehead atoms. The zero-order valence-corrected chi connectivity index (χ0v) is 9.23. The molecule has 2 aliphatic carbocycles. The van der Waals surface area contributed by atoms with Gasteiger partial charge in [0.25, 0.3) is 0 Å². The predicted octanol–water partition coefficient (Wildman–Crippen LogP) is 0.926. The molecule has 1 aliphatic heterocycles. The van der Waals surface area contributed by atoms with Crippen LogP contribution in [0.25, 0.3) is 0 Å². The Morgan fingerprint density at radius 1 is 1.50 bits per heavy atom. The minimum Gasteiger partial charge on any atom is -0.382 e. The van der Waals surface area contributed by atoms with Crippen molar-refractivity contribution in [2.24, 2.45) is 11.3 Å². The summed E-state index contributed by atoms with van der Waals surface area (Å²) in [5.41, 5.74) is -0.170. The van der Waals surface area contributed by atoms with Crippen molar-refractivity contribution in [3.05, 3.63) is 36.0 Å². The molecule has 3 atom stereocenters. The molecule has 3 nitrogen and oxygen atoms in total. The van der Waals surface area contributed by atoms with Crippen LogP contribution in [0.3, 0.4) is 0 Å². The van der Waals surface area contributed by atoms with E-state index in [1.165, 1.54) is 0 Å². The van der Waals surface area contributed by atoms with Crippen LogP contribution in [0.5, 0.6) is 0 Å². The number of hydrogen-bond acceptors (Lipinski definition) is 2. The Morgan fingerprint density at radius 3 is 2.94 bits per heavy atom. The van der Waals surface area contributed by atoms with Crippen LogP contribution in [-0.4, -0.2) is 23.2 Å². The first-order valence-corrected chi connectivity index (χ1v) is 5.64. The van der Waals surface area contributed by atoms with Crippen molar-refractivity contribution in [1.82, 2.24) is 5.32 Å². The van der Waals surface area contributed by atoms with E-state index in [0.29, 0.717) is 5.92 Å². The Kier molecular flexibility index (Phi) is 1.76. The van der Waals surface area contributed by atoms with Crippen LogP contribution in [0.4, 0.5) is 0 Å². The summed E-state index contributed by atoms with van der Waals surface area (Å²) in [6.45, 7) is 2.53. The van der Waals surface area contributed by atoms with Gasteiger partial charge in [-0.2, -0.15) is 0 Å². The molecular formula is C13H15NO2. The van der Waals surface area contributed by atoms with E-state index < -0.39 is 5.60 Å². The third kappa shape index (κ3) is 1.21. The second-order valence-corrected chi connectivity index (χ2v) is 5.12. The van der Waals surface area contributed by atoms with Crippen molar-refractivity contribution in [2.45, 2.75) is 18.9 Å². The third-order valence-corrected chi connectivity index (χ3v) is 3.84. The van der Waals surface area contributed by atoms with Crippen LogP contribution in [0.2, 0.25) is 0 Å². The molecule has 16 heavy (non-hydrogen) atoms. The fourth-order valence-electron chi connectivity index (χ4n) is 2.73. The van der Waals surface area contributed by atoms with Crippen molar-refractivity contribution < 1.29 is 9.90 Å². The van der Waals surface area contributed by atoms with Gasteiger partial charge in [0.05, 0.1) is 11.0 Å². The average Bonchev–Trinajstić information content (AvgIpc) is 2.90. The number of fused-ring (bicyclic) bond motifs is 1. The van der Waals surface area contributed by atoms with Gasteiger partial charge in [-0.15, -0.1) is 0 Å². The molecule has 84 valence electrons. The molecule has 2 N–H and O–H groups in total. The van der Waals surface area contributed by atoms with E-state index in [1.807, 2.05) is 18.2 Å². The van der Waals surface area contributed by atoms with Crippen LogP contribution >= 0.6 is 0 Å². The lowest BCUT2D eigenvalue weighted by Crippen LogP contribution is -2.26. The molecule has 3 heteroatoms. The summed E-state index contributed by atoms with van der Waals surface area (Å²) in [6.07, 6.45) is 10.1. The van der Waals surface area contributed by atoms with E-state index in [-0.39, 0.29) is 11.3 Å². The third-order valence-electron chi connectivity index (χ3n) is 3.84. The highest BCUT2D eigenvalue weighted by Gasteiger charge is 2.65. The number of nitrogens with one attached hydrogen (secondary N) is 1. The highest BCUT2D eigenvalue weighted by Crippen LogP contribution is 2.61. The van der Waals surface area contributed by atoms with Crippen LogP contribution in [0, 0.1) is 11.3 Å². The van der Waals surface area contributed by atoms with Gasteiger partial charge in [-0.3, -0.25) is 4.79 Å². The normalized spacial score (nSPS) is 44.8. The maximum absolute atomic E-state index is 11.8. The Bertz CT molecular complexity index is 445. The lowest BCUT2D eigenvalue weighted by Gasteiger charge is -2.13. The number of hydrogen-bond donors (Lipinski definition) is 2. The van der Waals surface area contributed by atoms with E-state index in [9.17, 15) is 9.90 Å². The van der Waals surface area contributed by atoms with Gasteiger partial charge in [-0.25, -0.2) is 0 Å². The van der Waals surface area contributed by atoms with E-state index in [2.05, 4.69) is 5.32 Å². The van der Waals surface area contributed by atoms with Gasteiger partial charge >= 0.3 is 0 Å². The van der Waals surface area contributed by atoms with Gasteiger partial charge in [0.2, 0.25) is 5.91 Å². The first kappa shape index (κ1) is 9.85. The van der Waals surface area contributed by atoms with Crippen molar-refractivity contribution in [1.29, 1.82) is 0 Å². The second kappa shape index (κ2) is 2.86. The summed E-state index contributed by atoms with van der Waals surface area (Å²) in [5.74, 6) is 0.593. The summed E-state index contributed by atoms with van der Waals surface area (Å²) in [4.78, 5) is 11.8. The zero-order chi connectivity index (χ0) is 11.4. The van der Waals surface area contributed by atoms with Gasteiger partial charge in [-0.05, 0) is 37.0 Å². The number of amides is 1. The van der Waals surface area contributed by atoms with E-state index in [4.69, 9.17) is 0 Å². The largest absolute Gasteiger partial charge is 0.382 e. The highest BCUT2D eigenvalue weighted by atomic mass is 16.3. The van der Waals surface area contributed by atoms with Crippen molar-refractivity contribution >= 4 is 5.91 Å². The van der Waals surface area contributed by atoms with Gasteiger partial charge < -0.3 is 10.4 Å². The monoisotopic (exact) mass is 217 g/mol. The molecule has 3 unspecified atom stereocenters. The van der Waals surface area contributed by atoms with Crippen molar-refractivity contribution in [3.63, 3.8) is 0 Å². The number of carbonyl (C=O) groups excluding carboxylic acids is 1. The molecule has 0 radical (unpaired) electrons. The number of piperidine rings is 1. The highest BCUT2D eigenvalue weighted by molar-refractivity contribution is 5.93. The number of allylic oxidation sites excluding steroid dienone is 3. The molecule has 0 aromatic heterocycles. The topological polar surface area (TPSA) is 49.3 Å². The molecule has 0 aromatic rings. The molecule has 0 aromatic carbocycles. The molecule has 0 spiro atoms. The number of rotatable bonds is 1. The lowest BCUT2D eigenvalue weighted by atomic mass is 9.93. The Labute approximate surface area is 94.5 Å². The number of aliphatic hydroxyl groups is 1. The summed E-state index contributed by atoms with van der Waals surface area (Å²) in [7, 11) is 0. The molecule has 1 saturated carbocycles. The fraction of sp³-hybridized carbons (Fsp3) is 0.462. The van der Waals surface area contributed by atoms with Gasteiger partial charge in [0.1, 0.15) is 0 Å². The molecule has 1 amide bonds. The van der Waals surface area contributed by atoms with E-state index >= 15 is 0 Å². The quantitative estimate of drug-likeness (QED) is 0.686. The van der Waals surface area contributed by atoms with Crippen molar-refractivity contribution in [3.8, 4) is 0 Å². The minimum atomic E-state index is -0.908. The molecular weight excluding hydrogens is 202 g/mol. The average molecular weight is 217 g/mol. The Morgan fingerprint density at radius 2 is 2.31 bits per heavy atom. The summed E-state index contributed by atoms with van der Waals surface area (Å²) >= 11 is 0. The summed E-state index contributed by atoms with van der Waals surface area (Å²) < 4.78 is 0. The Hall–Kier alpha value is -1.35. The molecule has 1 heterocycles. The van der Waals surface area contributed by atoms with E-state index in [1.54, 1.807) is 19.1 Å². The second-order valence-electron chi connectivity index (χ2n) is 5.12. The molecule has 3 rings (SSSR count).